The molecule has 0 aliphatic carbocycles. The van der Waals surface area contributed by atoms with Gasteiger partial charge >= 0.3 is 5.97 Å². The first-order valence-electron chi connectivity index (χ1n) is 11.6. The van der Waals surface area contributed by atoms with Crippen LogP contribution in [0.15, 0.2) is 12.5 Å². The zero-order chi connectivity index (χ0) is 26.1. The normalized spacial score (nSPS) is 18.1. The van der Waals surface area contributed by atoms with Gasteiger partial charge < -0.3 is 37.1 Å². The lowest BCUT2D eigenvalue weighted by Crippen LogP contribution is -2.57. The highest BCUT2D eigenvalue weighted by atomic mass is 16.4. The second-order valence-electron chi connectivity index (χ2n) is 9.17. The molecule has 13 nitrogen and oxygen atoms in total. The molecule has 2 heterocycles. The van der Waals surface area contributed by atoms with Crippen molar-refractivity contribution in [2.45, 2.75) is 76.5 Å². The van der Waals surface area contributed by atoms with E-state index in [-0.39, 0.29) is 38.1 Å². The number of carboxylic acid groups (broad SMARTS) is 1. The van der Waals surface area contributed by atoms with Crippen molar-refractivity contribution < 1.29 is 29.1 Å². The lowest BCUT2D eigenvalue weighted by molar-refractivity contribution is -0.149. The van der Waals surface area contributed by atoms with Crippen LogP contribution in [0.2, 0.25) is 0 Å². The zero-order valence-corrected chi connectivity index (χ0v) is 20.0. The quantitative estimate of drug-likeness (QED) is 0.192. The minimum Gasteiger partial charge on any atom is -0.480 e. The standard InChI is InChI=1S/C22H35N7O6/c1-12(2)8-16(21(33)29-7-3-4-17(29)22(34)35)28-20(32)15(5-6-18(24)30)27-19(31)14(23)9-13-10-25-11-26-13/h10-12,14-17H,3-9,23H2,1-2H3,(H2,24,30)(H,25,26)(H,27,31)(H,28,32)(H,34,35). The van der Waals surface area contributed by atoms with Gasteiger partial charge in [0, 0.05) is 31.3 Å². The van der Waals surface area contributed by atoms with Gasteiger partial charge in [-0.2, -0.15) is 0 Å². The fraction of sp³-hybridized carbons (Fsp3) is 0.636. The Bertz CT molecular complexity index is 904. The number of rotatable bonds is 13. The molecule has 0 radical (unpaired) electrons. The molecule has 4 unspecified atom stereocenters. The van der Waals surface area contributed by atoms with Crippen LogP contribution in [0.4, 0.5) is 0 Å². The van der Waals surface area contributed by atoms with E-state index < -0.39 is 53.8 Å². The Hall–Kier alpha value is -3.48. The van der Waals surface area contributed by atoms with Gasteiger partial charge in [-0.3, -0.25) is 19.2 Å². The Morgan fingerprint density at radius 2 is 1.89 bits per heavy atom. The molecule has 1 saturated heterocycles. The smallest absolute Gasteiger partial charge is 0.326 e. The van der Waals surface area contributed by atoms with Crippen molar-refractivity contribution in [2.24, 2.45) is 17.4 Å². The number of carbonyl (C=O) groups excluding carboxylic acids is 4. The number of amides is 4. The molecule has 1 aliphatic heterocycles. The summed E-state index contributed by atoms with van der Waals surface area (Å²) in [5.41, 5.74) is 11.8. The summed E-state index contributed by atoms with van der Waals surface area (Å²) in [6, 6.07) is -4.10. The van der Waals surface area contributed by atoms with Gasteiger partial charge in [0.2, 0.25) is 23.6 Å². The summed E-state index contributed by atoms with van der Waals surface area (Å²) in [6.07, 6.45) is 4.02. The number of likely N-dealkylation sites (tertiary alicyclic amines) is 1. The topological polar surface area (TPSA) is 214 Å². The van der Waals surface area contributed by atoms with E-state index in [2.05, 4.69) is 20.6 Å². The lowest BCUT2D eigenvalue weighted by atomic mass is 10.0. The van der Waals surface area contributed by atoms with Crippen molar-refractivity contribution in [3.8, 4) is 0 Å². The number of hydrogen-bond acceptors (Lipinski definition) is 7. The van der Waals surface area contributed by atoms with Crippen molar-refractivity contribution in [1.29, 1.82) is 0 Å². The third-order valence-corrected chi connectivity index (χ3v) is 5.79. The monoisotopic (exact) mass is 493 g/mol. The van der Waals surface area contributed by atoms with Crippen LogP contribution in [0.1, 0.15) is 51.6 Å². The highest BCUT2D eigenvalue weighted by molar-refractivity contribution is 5.94. The molecule has 0 spiro atoms. The second-order valence-corrected chi connectivity index (χ2v) is 9.17. The summed E-state index contributed by atoms with van der Waals surface area (Å²) in [5, 5.41) is 14.6. The summed E-state index contributed by atoms with van der Waals surface area (Å²) in [6.45, 7) is 4.02. The van der Waals surface area contributed by atoms with E-state index in [0.717, 1.165) is 0 Å². The molecule has 194 valence electrons. The predicted molar refractivity (Wildman–Crippen MR) is 124 cm³/mol. The number of imidazole rings is 1. The largest absolute Gasteiger partial charge is 0.480 e. The average molecular weight is 494 g/mol. The first kappa shape index (κ1) is 27.8. The lowest BCUT2D eigenvalue weighted by Gasteiger charge is -2.29. The number of primary amides is 1. The number of aliphatic carboxylic acids is 1. The van der Waals surface area contributed by atoms with Gasteiger partial charge in [0.15, 0.2) is 0 Å². The average Bonchev–Trinajstić information content (AvgIpc) is 3.47. The second kappa shape index (κ2) is 12.8. The van der Waals surface area contributed by atoms with Crippen LogP contribution in [0.5, 0.6) is 0 Å². The van der Waals surface area contributed by atoms with Crippen LogP contribution in [0, 0.1) is 5.92 Å². The molecule has 13 heteroatoms. The molecule has 0 aromatic carbocycles. The number of aromatic nitrogens is 2. The van der Waals surface area contributed by atoms with Gasteiger partial charge in [-0.25, -0.2) is 9.78 Å². The summed E-state index contributed by atoms with van der Waals surface area (Å²) in [7, 11) is 0. The number of aromatic amines is 1. The van der Waals surface area contributed by atoms with E-state index in [1.807, 2.05) is 13.8 Å². The van der Waals surface area contributed by atoms with Gasteiger partial charge in [-0.15, -0.1) is 0 Å². The van der Waals surface area contributed by atoms with Crippen molar-refractivity contribution in [3.05, 3.63) is 18.2 Å². The molecule has 1 aromatic rings. The Morgan fingerprint density at radius 1 is 1.20 bits per heavy atom. The van der Waals surface area contributed by atoms with Gasteiger partial charge in [-0.1, -0.05) is 13.8 Å². The molecule has 1 fully saturated rings. The predicted octanol–water partition coefficient (Wildman–Crippen LogP) is -1.36. The number of H-pyrrole nitrogens is 1. The molecule has 4 amide bonds. The van der Waals surface area contributed by atoms with Gasteiger partial charge in [0.25, 0.3) is 0 Å². The SMILES string of the molecule is CC(C)CC(NC(=O)C(CCC(N)=O)NC(=O)C(N)Cc1cnc[nH]1)C(=O)N1CCCC1C(=O)O. The van der Waals surface area contributed by atoms with Crippen LogP contribution in [-0.2, 0) is 30.4 Å². The maximum Gasteiger partial charge on any atom is 0.326 e. The highest BCUT2D eigenvalue weighted by Gasteiger charge is 2.38. The summed E-state index contributed by atoms with van der Waals surface area (Å²) in [5.74, 6) is -3.54. The number of nitrogens with zero attached hydrogens (tertiary/aromatic N) is 2. The highest BCUT2D eigenvalue weighted by Crippen LogP contribution is 2.20. The molecule has 35 heavy (non-hydrogen) atoms. The first-order valence-corrected chi connectivity index (χ1v) is 11.6. The Balaban J connectivity index is 2.13. The maximum atomic E-state index is 13.2. The Morgan fingerprint density at radius 3 is 2.46 bits per heavy atom. The van der Waals surface area contributed by atoms with Crippen LogP contribution in [-0.4, -0.2) is 80.3 Å². The van der Waals surface area contributed by atoms with Crippen molar-refractivity contribution in [2.75, 3.05) is 6.54 Å². The van der Waals surface area contributed by atoms with E-state index >= 15 is 0 Å². The van der Waals surface area contributed by atoms with Gasteiger partial charge in [0.05, 0.1) is 12.4 Å². The van der Waals surface area contributed by atoms with Gasteiger partial charge in [0.1, 0.15) is 18.1 Å². The van der Waals surface area contributed by atoms with Crippen molar-refractivity contribution >= 4 is 29.6 Å². The first-order chi connectivity index (χ1) is 16.5. The maximum absolute atomic E-state index is 13.2. The number of carboxylic acids is 1. The van der Waals surface area contributed by atoms with Crippen LogP contribution in [0.25, 0.3) is 0 Å². The van der Waals surface area contributed by atoms with Crippen LogP contribution < -0.4 is 22.1 Å². The Kier molecular flexibility index (Phi) is 10.2. The molecule has 0 bridgehead atoms. The van der Waals surface area contributed by atoms with Crippen molar-refractivity contribution in [1.82, 2.24) is 25.5 Å². The minimum atomic E-state index is -1.17. The fourth-order valence-electron chi connectivity index (χ4n) is 4.01. The summed E-state index contributed by atoms with van der Waals surface area (Å²) < 4.78 is 0. The molecule has 1 aromatic heterocycles. The van der Waals surface area contributed by atoms with Crippen LogP contribution in [0.3, 0.4) is 0 Å². The third-order valence-electron chi connectivity index (χ3n) is 5.79. The van der Waals surface area contributed by atoms with Gasteiger partial charge in [-0.05, 0) is 31.6 Å². The molecular weight excluding hydrogens is 458 g/mol. The summed E-state index contributed by atoms with van der Waals surface area (Å²) in [4.78, 5) is 69.8. The number of hydrogen-bond donors (Lipinski definition) is 6. The minimum absolute atomic E-state index is 0.0108. The molecule has 1 aliphatic rings. The van der Waals surface area contributed by atoms with E-state index in [1.54, 1.807) is 0 Å². The molecular formula is C22H35N7O6. The molecule has 8 N–H and O–H groups in total. The Labute approximate surface area is 203 Å². The third kappa shape index (κ3) is 8.35. The number of nitrogens with one attached hydrogen (secondary N) is 3. The summed E-state index contributed by atoms with van der Waals surface area (Å²) >= 11 is 0. The zero-order valence-electron chi connectivity index (χ0n) is 20.0. The number of nitrogens with two attached hydrogens (primary N) is 2. The molecule has 0 saturated carbocycles. The van der Waals surface area contributed by atoms with E-state index in [4.69, 9.17) is 11.5 Å². The number of carbonyl (C=O) groups is 5. The molecule has 2 rings (SSSR count). The van der Waals surface area contributed by atoms with E-state index in [1.165, 1.54) is 17.4 Å². The fourth-order valence-corrected chi connectivity index (χ4v) is 4.01. The van der Waals surface area contributed by atoms with Crippen LogP contribution >= 0.6 is 0 Å². The van der Waals surface area contributed by atoms with Crippen molar-refractivity contribution in [3.63, 3.8) is 0 Å². The molecule has 4 atom stereocenters. The van der Waals surface area contributed by atoms with E-state index in [9.17, 15) is 29.1 Å². The van der Waals surface area contributed by atoms with E-state index in [0.29, 0.717) is 18.5 Å².